The molecule has 0 aliphatic heterocycles. The first kappa shape index (κ1) is 13.6. The number of nitrogens with one attached hydrogen (secondary N) is 1. The van der Waals surface area contributed by atoms with Gasteiger partial charge in [0.25, 0.3) is 5.91 Å². The van der Waals surface area contributed by atoms with Gasteiger partial charge in [-0.1, -0.05) is 17.7 Å². The Morgan fingerprint density at radius 3 is 2.95 bits per heavy atom. The number of fused-ring (bicyclic) bond motifs is 1. The molecule has 3 rings (SSSR count). The summed E-state index contributed by atoms with van der Waals surface area (Å²) in [6.07, 6.45) is 3.60. The third-order valence-corrected chi connectivity index (χ3v) is 3.76. The maximum atomic E-state index is 12.2. The largest absolute Gasteiger partial charge is 0.346 e. The van der Waals surface area contributed by atoms with Gasteiger partial charge >= 0.3 is 0 Å². The number of hydrogen-bond donors (Lipinski definition) is 1. The van der Waals surface area contributed by atoms with Crippen molar-refractivity contribution in [1.82, 2.24) is 24.7 Å². The van der Waals surface area contributed by atoms with Gasteiger partial charge in [0.15, 0.2) is 0 Å². The molecule has 21 heavy (non-hydrogen) atoms. The van der Waals surface area contributed by atoms with Gasteiger partial charge in [-0.2, -0.15) is 10.2 Å². The molecule has 1 amide bonds. The molecule has 0 saturated heterocycles. The Kier molecular flexibility index (Phi) is 3.39. The number of halogens is 1. The third-order valence-electron chi connectivity index (χ3n) is 3.31. The predicted octanol–water partition coefficient (Wildman–Crippen LogP) is 1.96. The molecule has 0 radical (unpaired) electrons. The van der Waals surface area contributed by atoms with Crippen LogP contribution in [-0.2, 0) is 13.6 Å². The number of hydrogen-bond acceptors (Lipinski definition) is 3. The number of aromatic nitrogens is 4. The van der Waals surface area contributed by atoms with E-state index in [0.29, 0.717) is 23.0 Å². The molecule has 0 spiro atoms. The van der Waals surface area contributed by atoms with Crippen molar-refractivity contribution >= 4 is 23.0 Å². The van der Waals surface area contributed by atoms with Gasteiger partial charge in [-0.25, -0.2) is 4.52 Å². The quantitative estimate of drug-likeness (QED) is 0.804. The fourth-order valence-corrected chi connectivity index (χ4v) is 2.51. The van der Waals surface area contributed by atoms with Crippen LogP contribution in [0.3, 0.4) is 0 Å². The zero-order valence-corrected chi connectivity index (χ0v) is 12.4. The third kappa shape index (κ3) is 2.38. The molecule has 0 aliphatic carbocycles. The van der Waals surface area contributed by atoms with Crippen LogP contribution in [0.25, 0.3) is 5.52 Å². The summed E-state index contributed by atoms with van der Waals surface area (Å²) in [5.41, 5.74) is 2.91. The molecule has 1 N–H and O–H groups in total. The van der Waals surface area contributed by atoms with Crippen LogP contribution in [0, 0.1) is 6.92 Å². The Bertz CT molecular complexity index is 820. The van der Waals surface area contributed by atoms with Crippen molar-refractivity contribution < 1.29 is 4.79 Å². The Hall–Kier alpha value is -2.34. The second-order valence-electron chi connectivity index (χ2n) is 4.75. The van der Waals surface area contributed by atoms with Crippen LogP contribution in [0.1, 0.15) is 21.7 Å². The predicted molar refractivity (Wildman–Crippen MR) is 79.3 cm³/mol. The summed E-state index contributed by atoms with van der Waals surface area (Å²) in [4.78, 5) is 12.2. The van der Waals surface area contributed by atoms with Crippen LogP contribution >= 0.6 is 11.6 Å². The van der Waals surface area contributed by atoms with Crippen molar-refractivity contribution in [2.75, 3.05) is 0 Å². The molecule has 3 heterocycles. The first-order valence-electron chi connectivity index (χ1n) is 6.46. The molecule has 0 saturated carbocycles. The van der Waals surface area contributed by atoms with Gasteiger partial charge in [-0.3, -0.25) is 9.48 Å². The van der Waals surface area contributed by atoms with Gasteiger partial charge in [-0.15, -0.1) is 0 Å². The average molecular weight is 304 g/mol. The lowest BCUT2D eigenvalue weighted by Crippen LogP contribution is -2.25. The summed E-state index contributed by atoms with van der Waals surface area (Å²) in [6.45, 7) is 2.15. The summed E-state index contributed by atoms with van der Waals surface area (Å²) in [5, 5.41) is 11.6. The highest BCUT2D eigenvalue weighted by atomic mass is 35.5. The van der Waals surface area contributed by atoms with Gasteiger partial charge in [0, 0.05) is 25.4 Å². The molecule has 0 unspecified atom stereocenters. The molecule has 6 nitrogen and oxygen atoms in total. The maximum Gasteiger partial charge on any atom is 0.271 e. The minimum absolute atomic E-state index is 0.251. The van der Waals surface area contributed by atoms with Crippen molar-refractivity contribution in [3.8, 4) is 0 Å². The molecule has 0 aliphatic rings. The highest BCUT2D eigenvalue weighted by Crippen LogP contribution is 2.19. The second-order valence-corrected chi connectivity index (χ2v) is 5.13. The van der Waals surface area contributed by atoms with E-state index in [1.54, 1.807) is 24.7 Å². The van der Waals surface area contributed by atoms with Crippen molar-refractivity contribution in [2.45, 2.75) is 13.5 Å². The van der Waals surface area contributed by atoms with Crippen LogP contribution in [0.15, 0.2) is 30.6 Å². The summed E-state index contributed by atoms with van der Waals surface area (Å²) < 4.78 is 3.26. The lowest BCUT2D eigenvalue weighted by Gasteiger charge is -2.05. The van der Waals surface area contributed by atoms with E-state index >= 15 is 0 Å². The van der Waals surface area contributed by atoms with Gasteiger partial charge in [0.05, 0.1) is 22.4 Å². The zero-order valence-electron chi connectivity index (χ0n) is 11.7. The fourth-order valence-electron chi connectivity index (χ4n) is 2.26. The van der Waals surface area contributed by atoms with E-state index < -0.39 is 0 Å². The number of amides is 1. The smallest absolute Gasteiger partial charge is 0.271 e. The SMILES string of the molecule is Cc1nn(C)c(C(=O)NCc2cnn3ccccc23)c1Cl. The van der Waals surface area contributed by atoms with Crippen LogP contribution in [-0.4, -0.2) is 25.3 Å². The maximum absolute atomic E-state index is 12.2. The number of aryl methyl sites for hydroxylation is 2. The van der Waals surface area contributed by atoms with Crippen molar-refractivity contribution in [3.63, 3.8) is 0 Å². The summed E-state index contributed by atoms with van der Waals surface area (Å²) >= 11 is 6.10. The summed E-state index contributed by atoms with van der Waals surface area (Å²) in [5.74, 6) is -0.251. The molecular weight excluding hydrogens is 290 g/mol. The first-order chi connectivity index (χ1) is 10.1. The van der Waals surface area contributed by atoms with Crippen LogP contribution in [0.2, 0.25) is 5.02 Å². The number of carbonyl (C=O) groups excluding carboxylic acids is 1. The Balaban J connectivity index is 1.80. The first-order valence-corrected chi connectivity index (χ1v) is 6.84. The lowest BCUT2D eigenvalue weighted by molar-refractivity contribution is 0.0942. The molecule has 0 aromatic carbocycles. The molecule has 0 bridgehead atoms. The summed E-state index contributed by atoms with van der Waals surface area (Å²) in [7, 11) is 1.70. The van der Waals surface area contributed by atoms with Crippen molar-refractivity contribution in [2.24, 2.45) is 7.05 Å². The number of rotatable bonds is 3. The fraction of sp³-hybridized carbons (Fsp3) is 0.214. The molecule has 3 aromatic heterocycles. The van der Waals surface area contributed by atoms with E-state index in [1.165, 1.54) is 4.68 Å². The van der Waals surface area contributed by atoms with E-state index in [9.17, 15) is 4.79 Å². The van der Waals surface area contributed by atoms with Crippen LogP contribution < -0.4 is 5.32 Å². The van der Waals surface area contributed by atoms with E-state index in [-0.39, 0.29) is 5.91 Å². The molecular formula is C14H14ClN5O. The van der Waals surface area contributed by atoms with E-state index in [1.807, 2.05) is 24.4 Å². The van der Waals surface area contributed by atoms with E-state index in [0.717, 1.165) is 11.1 Å². The highest BCUT2D eigenvalue weighted by molar-refractivity contribution is 6.34. The molecule has 3 aromatic rings. The van der Waals surface area contributed by atoms with Gasteiger partial charge in [0.2, 0.25) is 0 Å². The van der Waals surface area contributed by atoms with Gasteiger partial charge < -0.3 is 5.32 Å². The summed E-state index contributed by atoms with van der Waals surface area (Å²) in [6, 6.07) is 5.79. The molecule has 108 valence electrons. The molecule has 0 atom stereocenters. The van der Waals surface area contributed by atoms with Crippen molar-refractivity contribution in [3.05, 3.63) is 52.6 Å². The van der Waals surface area contributed by atoms with Crippen LogP contribution in [0.4, 0.5) is 0 Å². The van der Waals surface area contributed by atoms with Crippen LogP contribution in [0.5, 0.6) is 0 Å². The highest BCUT2D eigenvalue weighted by Gasteiger charge is 2.18. The Morgan fingerprint density at radius 2 is 2.24 bits per heavy atom. The minimum atomic E-state index is -0.251. The monoisotopic (exact) mass is 303 g/mol. The molecule has 7 heteroatoms. The topological polar surface area (TPSA) is 64.2 Å². The molecule has 0 fully saturated rings. The Labute approximate surface area is 126 Å². The van der Waals surface area contributed by atoms with Crippen molar-refractivity contribution in [1.29, 1.82) is 0 Å². The van der Waals surface area contributed by atoms with E-state index in [4.69, 9.17) is 11.6 Å². The number of carbonyl (C=O) groups is 1. The number of pyridine rings is 1. The van der Waals surface area contributed by atoms with Gasteiger partial charge in [-0.05, 0) is 19.1 Å². The lowest BCUT2D eigenvalue weighted by atomic mass is 10.2. The number of nitrogens with zero attached hydrogens (tertiary/aromatic N) is 4. The van der Waals surface area contributed by atoms with Gasteiger partial charge in [0.1, 0.15) is 5.69 Å². The standard InChI is InChI=1S/C14H14ClN5O/c1-9-12(15)13(19(2)18-9)14(21)16-7-10-8-17-20-6-4-3-5-11(10)20/h3-6,8H,7H2,1-2H3,(H,16,21). The average Bonchev–Trinajstić information content (AvgIpc) is 2.98. The second kappa shape index (κ2) is 5.21. The minimum Gasteiger partial charge on any atom is -0.346 e. The normalized spacial score (nSPS) is 11.0. The zero-order chi connectivity index (χ0) is 15.0. The Morgan fingerprint density at radius 1 is 1.43 bits per heavy atom. The van der Waals surface area contributed by atoms with E-state index in [2.05, 4.69) is 15.5 Å².